The monoisotopic (exact) mass is 772 g/mol. The number of aryl methyl sites for hydroxylation is 3. The fraction of sp³-hybridized carbons (Fsp3) is 0.300. The van der Waals surface area contributed by atoms with Crippen LogP contribution in [0.2, 0.25) is 0 Å². The maximum absolute atomic E-state index is 11.5. The number of carbonyl (C=O) groups is 4. The minimum Gasteiger partial charge on any atom is -0.481 e. The van der Waals surface area contributed by atoms with E-state index in [2.05, 4.69) is 23.1 Å². The highest BCUT2D eigenvalue weighted by Crippen LogP contribution is 2.36. The second kappa shape index (κ2) is 20.5. The summed E-state index contributed by atoms with van der Waals surface area (Å²) in [4.78, 5) is 60.8. The molecule has 0 spiro atoms. The van der Waals surface area contributed by atoms with Gasteiger partial charge in [-0.3, -0.25) is 29.0 Å². The van der Waals surface area contributed by atoms with E-state index in [1.54, 1.807) is 6.08 Å². The Morgan fingerprint density at radius 2 is 1.11 bits per heavy atom. The Bertz CT molecular complexity index is 2190. The third-order valence-corrected chi connectivity index (χ3v) is 9.25. The Balaban J connectivity index is 0.000000512. The number of aliphatic carboxylic acids is 2. The molecule has 0 aromatic carbocycles. The molecule has 0 saturated carbocycles. The van der Waals surface area contributed by atoms with E-state index in [0.717, 1.165) is 93.5 Å². The Kier molecular flexibility index (Phi) is 16.2. The predicted molar refractivity (Wildman–Crippen MR) is 213 cm³/mol. The molecule has 298 valence electrons. The number of rotatable bonds is 14. The van der Waals surface area contributed by atoms with Gasteiger partial charge in [-0.25, -0.2) is 9.97 Å². The average molecular weight is 773 g/mol. The second-order valence-corrected chi connectivity index (χ2v) is 12.7. The summed E-state index contributed by atoms with van der Waals surface area (Å²) in [5.41, 5.74) is 13.7. The Morgan fingerprint density at radius 1 is 0.643 bits per heavy atom. The highest BCUT2D eigenvalue weighted by molar-refractivity contribution is 5.98. The molecule has 5 rings (SSSR count). The molecule has 8 bridgehead atoms. The number of carbonyl (C=O) groups excluding carboxylic acids is 2. The average Bonchev–Trinajstić information content (AvgIpc) is 3.84. The molecule has 0 unspecified atom stereocenters. The van der Waals surface area contributed by atoms with E-state index in [9.17, 15) is 29.4 Å². The van der Waals surface area contributed by atoms with Gasteiger partial charge in [-0.05, 0) is 98.2 Å². The Labute approximate surface area is 323 Å². The summed E-state index contributed by atoms with van der Waals surface area (Å²) in [5, 5.41) is 51.1. The zero-order chi connectivity index (χ0) is 41.7. The van der Waals surface area contributed by atoms with Crippen LogP contribution in [0.3, 0.4) is 0 Å². The van der Waals surface area contributed by atoms with Gasteiger partial charge in [0.15, 0.2) is 0 Å². The lowest BCUT2D eigenvalue weighted by atomic mass is 10.0. The number of carboxylic acids is 2. The maximum atomic E-state index is 11.5. The van der Waals surface area contributed by atoms with Crippen LogP contribution in [0.15, 0.2) is 43.5 Å². The number of nitrogens with zero attached hydrogens (tertiary/aromatic N) is 4. The van der Waals surface area contributed by atoms with Gasteiger partial charge in [-0.2, -0.15) is 0 Å². The van der Waals surface area contributed by atoms with E-state index in [-0.39, 0.29) is 12.8 Å². The summed E-state index contributed by atoms with van der Waals surface area (Å²) in [7, 11) is 0. The molecule has 3 aromatic heterocycles. The molecular formula is C40H48N6O10. The second-order valence-electron chi connectivity index (χ2n) is 12.7. The summed E-state index contributed by atoms with van der Waals surface area (Å²) in [6.07, 6.45) is 4.94. The Morgan fingerprint density at radius 3 is 1.61 bits per heavy atom. The maximum Gasteiger partial charge on any atom is 0.303 e. The van der Waals surface area contributed by atoms with Crippen molar-refractivity contribution in [3.8, 4) is 0 Å². The van der Waals surface area contributed by atoms with E-state index in [4.69, 9.17) is 30.4 Å². The SMILES string of the molecule is C=CC1=C(C)c2cc3[nH]c(cc4nc(cc5[nH]c(cc1n2)c(C)c5CCC(=O)O)C(CCC(=O)O)=C4C)c(C)c3C=C.O=CN(CO)CO.O=CN(CO)CO. The van der Waals surface area contributed by atoms with E-state index in [0.29, 0.717) is 31.4 Å². The lowest BCUT2D eigenvalue weighted by Gasteiger charge is -2.06. The van der Waals surface area contributed by atoms with Gasteiger partial charge < -0.3 is 40.6 Å². The highest BCUT2D eigenvalue weighted by atomic mass is 16.4. The normalized spacial score (nSPS) is 11.9. The third kappa shape index (κ3) is 10.5. The van der Waals surface area contributed by atoms with Gasteiger partial charge >= 0.3 is 11.9 Å². The first-order valence-electron chi connectivity index (χ1n) is 17.4. The molecule has 0 saturated heterocycles. The molecule has 0 radical (unpaired) electrons. The molecule has 16 heteroatoms. The molecule has 2 amide bonds. The van der Waals surface area contributed by atoms with Gasteiger partial charge in [0.05, 0.1) is 22.8 Å². The van der Waals surface area contributed by atoms with Gasteiger partial charge in [0.25, 0.3) is 0 Å². The summed E-state index contributed by atoms with van der Waals surface area (Å²) in [5.74, 6) is -1.76. The molecule has 0 fully saturated rings. The van der Waals surface area contributed by atoms with Gasteiger partial charge in [-0.1, -0.05) is 25.3 Å². The van der Waals surface area contributed by atoms with Crippen LogP contribution in [-0.2, 0) is 25.6 Å². The number of aromatic nitrogens is 4. The van der Waals surface area contributed by atoms with E-state index >= 15 is 0 Å². The Hall–Kier alpha value is -6.20. The van der Waals surface area contributed by atoms with Crippen LogP contribution < -0.4 is 0 Å². The zero-order valence-corrected chi connectivity index (χ0v) is 31.8. The van der Waals surface area contributed by atoms with E-state index in [1.165, 1.54) is 0 Å². The van der Waals surface area contributed by atoms with Crippen molar-refractivity contribution in [2.24, 2.45) is 0 Å². The predicted octanol–water partition coefficient (Wildman–Crippen LogP) is 4.19. The number of aromatic amines is 2. The van der Waals surface area contributed by atoms with Crippen molar-refractivity contribution < 1.29 is 49.8 Å². The number of aliphatic hydroxyl groups is 4. The zero-order valence-electron chi connectivity index (χ0n) is 31.8. The molecule has 56 heavy (non-hydrogen) atoms. The number of carboxylic acid groups (broad SMARTS) is 2. The number of fused-ring (bicyclic) bond motifs is 8. The van der Waals surface area contributed by atoms with Crippen molar-refractivity contribution in [3.05, 3.63) is 88.5 Å². The van der Waals surface area contributed by atoms with Crippen LogP contribution in [0.5, 0.6) is 0 Å². The first-order chi connectivity index (χ1) is 26.7. The van der Waals surface area contributed by atoms with Crippen molar-refractivity contribution in [1.29, 1.82) is 0 Å². The number of amides is 2. The lowest BCUT2D eigenvalue weighted by molar-refractivity contribution is -0.137. The van der Waals surface area contributed by atoms with Crippen molar-refractivity contribution >= 4 is 75.2 Å². The molecule has 2 aliphatic heterocycles. The van der Waals surface area contributed by atoms with Gasteiger partial charge in [0.2, 0.25) is 12.8 Å². The first-order valence-corrected chi connectivity index (χ1v) is 17.4. The molecule has 16 nitrogen and oxygen atoms in total. The van der Waals surface area contributed by atoms with Crippen molar-refractivity contribution in [1.82, 2.24) is 29.7 Å². The van der Waals surface area contributed by atoms with Gasteiger partial charge in [-0.15, -0.1) is 0 Å². The highest BCUT2D eigenvalue weighted by Gasteiger charge is 2.21. The molecule has 0 atom stereocenters. The number of hydrogen-bond acceptors (Lipinski definition) is 10. The first kappa shape index (κ1) is 44.2. The lowest BCUT2D eigenvalue weighted by Crippen LogP contribution is -2.23. The summed E-state index contributed by atoms with van der Waals surface area (Å²) in [6, 6.07) is 7.88. The van der Waals surface area contributed by atoms with Crippen molar-refractivity contribution in [2.75, 3.05) is 26.9 Å². The summed E-state index contributed by atoms with van der Waals surface area (Å²) in [6.45, 7) is 14.3. The number of nitrogens with one attached hydrogen (secondary N) is 2. The van der Waals surface area contributed by atoms with E-state index in [1.807, 2.05) is 58.0 Å². The molecule has 5 heterocycles. The number of aliphatic hydroxyl groups excluding tert-OH is 4. The van der Waals surface area contributed by atoms with Crippen LogP contribution in [0.1, 0.15) is 78.1 Å². The van der Waals surface area contributed by atoms with Crippen LogP contribution in [0.4, 0.5) is 0 Å². The fourth-order valence-electron chi connectivity index (χ4n) is 5.99. The smallest absolute Gasteiger partial charge is 0.303 e. The number of hydrogen-bond donors (Lipinski definition) is 8. The molecule has 0 aliphatic carbocycles. The fourth-order valence-corrected chi connectivity index (χ4v) is 5.99. The number of H-pyrrole nitrogens is 2. The van der Waals surface area contributed by atoms with Crippen LogP contribution in [0, 0.1) is 13.8 Å². The minimum atomic E-state index is -0.883. The van der Waals surface area contributed by atoms with Crippen LogP contribution >= 0.6 is 0 Å². The molecule has 3 aromatic rings. The topological polar surface area (TPSA) is 253 Å². The third-order valence-electron chi connectivity index (χ3n) is 9.25. The summed E-state index contributed by atoms with van der Waals surface area (Å²) >= 11 is 0. The van der Waals surface area contributed by atoms with Crippen molar-refractivity contribution in [3.63, 3.8) is 0 Å². The summed E-state index contributed by atoms with van der Waals surface area (Å²) < 4.78 is 0. The molecule has 2 aliphatic rings. The van der Waals surface area contributed by atoms with Gasteiger partial charge in [0, 0.05) is 46.0 Å². The molecule has 8 N–H and O–H groups in total. The van der Waals surface area contributed by atoms with E-state index < -0.39 is 38.9 Å². The number of allylic oxidation sites excluding steroid dienone is 5. The minimum absolute atomic E-state index is 0.0259. The van der Waals surface area contributed by atoms with Crippen LogP contribution in [-0.4, -0.2) is 112 Å². The van der Waals surface area contributed by atoms with Crippen molar-refractivity contribution in [2.45, 2.75) is 53.4 Å². The molecular weight excluding hydrogens is 724 g/mol. The van der Waals surface area contributed by atoms with Gasteiger partial charge in [0.1, 0.15) is 26.9 Å². The standard InChI is InChI=1S/C34H34N4O4.2C3H7NO3/c1-7-21-17(3)25-13-26-19(5)23(9-11-33(39)40)31(37-26)16-32-24(10-12-34(41)42)20(6)28(38-32)15-30-22(8-2)18(4)27(36-30)14-29(21)35-25;2*5-1-4(2-6)3-7/h7-8,13-16,35,38H,1-2,9-12H2,3-6H3,(H,39,40)(H,41,42);2*1,6-7H,2-3H2. The van der Waals surface area contributed by atoms with Crippen LogP contribution in [0.25, 0.3) is 50.4 Å². The quantitative estimate of drug-likeness (QED) is 0.0848. The largest absolute Gasteiger partial charge is 0.481 e.